The number of methoxy groups -OCH3 is 1. The standard InChI is InChI=1S/C31H48O6Si/c1-23(32)19-28(33)31(5,6)29(36-21-25-15-17-26(34-7)18-16-25)27(22-37-38(8,9)30(2,3)4)35-20-24-13-11-10-12-14-24/h10-18,27-29,33H,19-22H2,1-9H3/t27-,28-,29-/m0/s1. The zero-order chi connectivity index (χ0) is 28.6. The number of Topliss-reactive ketones (excluding diaryl/α,β-unsaturated/α-hetero) is 1. The van der Waals surface area contributed by atoms with E-state index in [1.54, 1.807) is 7.11 Å². The summed E-state index contributed by atoms with van der Waals surface area (Å²) in [6.45, 7) is 17.4. The molecule has 0 radical (unpaired) electrons. The number of aliphatic hydroxyl groups excluding tert-OH is 1. The van der Waals surface area contributed by atoms with Gasteiger partial charge in [0.2, 0.25) is 0 Å². The van der Waals surface area contributed by atoms with Gasteiger partial charge in [-0.1, -0.05) is 77.1 Å². The van der Waals surface area contributed by atoms with Crippen molar-refractivity contribution < 1.29 is 28.5 Å². The molecule has 0 heterocycles. The van der Waals surface area contributed by atoms with Crippen LogP contribution in [0.15, 0.2) is 54.6 Å². The van der Waals surface area contributed by atoms with Crippen molar-refractivity contribution >= 4 is 14.1 Å². The van der Waals surface area contributed by atoms with E-state index < -0.39 is 32.0 Å². The average Bonchev–Trinajstić information content (AvgIpc) is 2.85. The Labute approximate surface area is 230 Å². The zero-order valence-corrected chi connectivity index (χ0v) is 25.7. The lowest BCUT2D eigenvalue weighted by molar-refractivity contribution is -0.171. The molecule has 0 aliphatic heterocycles. The summed E-state index contributed by atoms with van der Waals surface area (Å²) in [4.78, 5) is 11.9. The van der Waals surface area contributed by atoms with Gasteiger partial charge in [-0.05, 0) is 48.3 Å². The third-order valence-electron chi connectivity index (χ3n) is 7.72. The maximum atomic E-state index is 11.9. The van der Waals surface area contributed by atoms with E-state index in [1.807, 2.05) is 68.4 Å². The molecule has 0 amide bonds. The van der Waals surface area contributed by atoms with E-state index in [1.165, 1.54) is 6.92 Å². The molecule has 38 heavy (non-hydrogen) atoms. The SMILES string of the molecule is COc1ccc(CO[C@@H]([C@H](CO[Si](C)(C)C(C)(C)C)OCc2ccccc2)C(C)(C)[C@@H](O)CC(C)=O)cc1. The fraction of sp³-hybridized carbons (Fsp3) is 0.581. The van der Waals surface area contributed by atoms with Gasteiger partial charge in [0, 0.05) is 11.8 Å². The number of hydrogen-bond donors (Lipinski definition) is 1. The van der Waals surface area contributed by atoms with Crippen LogP contribution in [-0.4, -0.2) is 51.2 Å². The molecular formula is C31H48O6Si. The molecule has 0 aliphatic rings. The van der Waals surface area contributed by atoms with Gasteiger partial charge in [-0.3, -0.25) is 4.79 Å². The van der Waals surface area contributed by atoms with Crippen LogP contribution in [0.2, 0.25) is 18.1 Å². The second-order valence-electron chi connectivity index (χ2n) is 12.2. The van der Waals surface area contributed by atoms with Gasteiger partial charge in [0.1, 0.15) is 17.6 Å². The Bertz CT molecular complexity index is 982. The molecular weight excluding hydrogens is 496 g/mol. The summed E-state index contributed by atoms with van der Waals surface area (Å²) < 4.78 is 25.0. The monoisotopic (exact) mass is 544 g/mol. The van der Waals surface area contributed by atoms with Gasteiger partial charge in [-0.15, -0.1) is 0 Å². The van der Waals surface area contributed by atoms with E-state index in [-0.39, 0.29) is 17.2 Å². The Kier molecular flexibility index (Phi) is 11.7. The number of ether oxygens (including phenoxy) is 3. The minimum atomic E-state index is -2.10. The molecule has 0 fully saturated rings. The highest BCUT2D eigenvalue weighted by Crippen LogP contribution is 2.38. The summed E-state index contributed by atoms with van der Waals surface area (Å²) in [5, 5.41) is 11.2. The number of carbonyl (C=O) groups excluding carboxylic acids is 1. The zero-order valence-electron chi connectivity index (χ0n) is 24.7. The lowest BCUT2D eigenvalue weighted by Crippen LogP contribution is -2.53. The second-order valence-corrected chi connectivity index (χ2v) is 17.0. The van der Waals surface area contributed by atoms with Crippen LogP contribution >= 0.6 is 0 Å². The summed E-state index contributed by atoms with van der Waals surface area (Å²) in [6.07, 6.45) is -1.88. The molecule has 2 aromatic rings. The molecule has 0 aliphatic carbocycles. The molecule has 7 heteroatoms. The van der Waals surface area contributed by atoms with E-state index in [0.29, 0.717) is 19.8 Å². The van der Waals surface area contributed by atoms with Crippen molar-refractivity contribution in [3.8, 4) is 5.75 Å². The topological polar surface area (TPSA) is 74.2 Å². The summed E-state index contributed by atoms with van der Waals surface area (Å²) in [5.74, 6) is 0.702. The van der Waals surface area contributed by atoms with Gasteiger partial charge in [0.05, 0.1) is 39.1 Å². The second kappa shape index (κ2) is 13.9. The Morgan fingerprint density at radius 2 is 1.45 bits per heavy atom. The van der Waals surface area contributed by atoms with Crippen molar-refractivity contribution in [2.75, 3.05) is 13.7 Å². The van der Waals surface area contributed by atoms with E-state index in [0.717, 1.165) is 16.9 Å². The van der Waals surface area contributed by atoms with E-state index in [4.69, 9.17) is 18.6 Å². The molecule has 0 bridgehead atoms. The van der Waals surface area contributed by atoms with Crippen LogP contribution in [0.4, 0.5) is 0 Å². The number of hydrogen-bond acceptors (Lipinski definition) is 6. The number of rotatable bonds is 15. The summed E-state index contributed by atoms with van der Waals surface area (Å²) in [6, 6.07) is 17.7. The number of ketones is 1. The van der Waals surface area contributed by atoms with Crippen molar-refractivity contribution in [3.05, 3.63) is 65.7 Å². The highest BCUT2D eigenvalue weighted by atomic mass is 28.4. The third kappa shape index (κ3) is 9.31. The molecule has 0 spiro atoms. The Balaban J connectivity index is 2.40. The first-order chi connectivity index (χ1) is 17.7. The van der Waals surface area contributed by atoms with Gasteiger partial charge in [0.25, 0.3) is 0 Å². The van der Waals surface area contributed by atoms with Crippen molar-refractivity contribution in [1.82, 2.24) is 0 Å². The molecule has 3 atom stereocenters. The molecule has 0 unspecified atom stereocenters. The third-order valence-corrected chi connectivity index (χ3v) is 12.2. The fourth-order valence-electron chi connectivity index (χ4n) is 3.94. The van der Waals surface area contributed by atoms with Crippen LogP contribution < -0.4 is 4.74 Å². The van der Waals surface area contributed by atoms with E-state index in [9.17, 15) is 9.90 Å². The molecule has 0 saturated carbocycles. The van der Waals surface area contributed by atoms with Gasteiger partial charge in [-0.25, -0.2) is 0 Å². The van der Waals surface area contributed by atoms with Gasteiger partial charge < -0.3 is 23.7 Å². The predicted octanol–water partition coefficient (Wildman–Crippen LogP) is 6.55. The van der Waals surface area contributed by atoms with Crippen molar-refractivity contribution in [2.24, 2.45) is 5.41 Å². The molecule has 2 rings (SSSR count). The predicted molar refractivity (Wildman–Crippen MR) is 155 cm³/mol. The largest absolute Gasteiger partial charge is 0.497 e. The summed E-state index contributed by atoms with van der Waals surface area (Å²) in [5.41, 5.74) is 1.22. The Hall–Kier alpha value is -2.03. The van der Waals surface area contributed by atoms with E-state index >= 15 is 0 Å². The van der Waals surface area contributed by atoms with Gasteiger partial charge >= 0.3 is 0 Å². The minimum Gasteiger partial charge on any atom is -0.497 e. The van der Waals surface area contributed by atoms with Crippen molar-refractivity contribution in [3.63, 3.8) is 0 Å². The average molecular weight is 545 g/mol. The van der Waals surface area contributed by atoms with E-state index in [2.05, 4.69) is 33.9 Å². The van der Waals surface area contributed by atoms with Crippen LogP contribution in [0.3, 0.4) is 0 Å². The van der Waals surface area contributed by atoms with Crippen LogP contribution in [0.1, 0.15) is 59.1 Å². The van der Waals surface area contributed by atoms with Crippen LogP contribution in [0.25, 0.3) is 0 Å². The fourth-order valence-corrected chi connectivity index (χ4v) is 4.96. The molecule has 0 saturated heterocycles. The maximum absolute atomic E-state index is 11.9. The van der Waals surface area contributed by atoms with Gasteiger partial charge in [0.15, 0.2) is 8.32 Å². The normalized spacial score (nSPS) is 15.1. The van der Waals surface area contributed by atoms with Crippen LogP contribution in [-0.2, 0) is 31.9 Å². The molecule has 1 N–H and O–H groups in total. The quantitative estimate of drug-likeness (QED) is 0.256. The highest BCUT2D eigenvalue weighted by Gasteiger charge is 2.45. The first kappa shape index (κ1) is 32.2. The molecule has 212 valence electrons. The first-order valence-electron chi connectivity index (χ1n) is 13.4. The lowest BCUT2D eigenvalue weighted by Gasteiger charge is -2.43. The molecule has 0 aromatic heterocycles. The molecule has 6 nitrogen and oxygen atoms in total. The Morgan fingerprint density at radius 3 is 1.97 bits per heavy atom. The maximum Gasteiger partial charge on any atom is 0.192 e. The Morgan fingerprint density at radius 1 is 0.895 bits per heavy atom. The van der Waals surface area contributed by atoms with Gasteiger partial charge in [-0.2, -0.15) is 0 Å². The van der Waals surface area contributed by atoms with Crippen LogP contribution in [0, 0.1) is 5.41 Å². The first-order valence-corrected chi connectivity index (χ1v) is 16.3. The highest BCUT2D eigenvalue weighted by molar-refractivity contribution is 6.74. The summed E-state index contributed by atoms with van der Waals surface area (Å²) in [7, 11) is -0.461. The minimum absolute atomic E-state index is 0.0279. The number of carbonyl (C=O) groups is 1. The van der Waals surface area contributed by atoms with Crippen LogP contribution in [0.5, 0.6) is 5.75 Å². The summed E-state index contributed by atoms with van der Waals surface area (Å²) >= 11 is 0. The number of aliphatic hydroxyl groups is 1. The number of benzene rings is 2. The molecule has 2 aromatic carbocycles. The smallest absolute Gasteiger partial charge is 0.192 e. The lowest BCUT2D eigenvalue weighted by atomic mass is 9.76. The van der Waals surface area contributed by atoms with Crippen molar-refractivity contribution in [1.29, 1.82) is 0 Å². The van der Waals surface area contributed by atoms with Crippen molar-refractivity contribution in [2.45, 2.75) is 97.6 Å².